The fourth-order valence-corrected chi connectivity index (χ4v) is 4.29. The number of carboxylic acids is 1. The first-order valence-electron chi connectivity index (χ1n) is 13.4. The Morgan fingerprint density at radius 3 is 2.35 bits per heavy atom. The van der Waals surface area contributed by atoms with Crippen molar-refractivity contribution in [3.63, 3.8) is 0 Å². The first kappa shape index (κ1) is 29.7. The van der Waals surface area contributed by atoms with Crippen molar-refractivity contribution in [3.05, 3.63) is 65.8 Å². The molecule has 43 heavy (non-hydrogen) atoms. The minimum atomic E-state index is -4.82. The number of hydrogen-bond donors (Lipinski definition) is 1. The van der Waals surface area contributed by atoms with Crippen molar-refractivity contribution in [1.82, 2.24) is 15.0 Å². The number of rotatable bonds is 12. The maximum atomic E-state index is 12.7. The molecule has 0 unspecified atom stereocenters. The zero-order chi connectivity index (χ0) is 30.7. The molecule has 1 fully saturated rings. The molecule has 0 atom stereocenters. The molecule has 0 saturated heterocycles. The summed E-state index contributed by atoms with van der Waals surface area (Å²) in [6.45, 7) is 4.97. The number of carbonyl (C=O) groups is 1. The van der Waals surface area contributed by atoms with Crippen molar-refractivity contribution in [3.8, 4) is 45.8 Å². The lowest BCUT2D eigenvalue weighted by Gasteiger charge is -2.14. The van der Waals surface area contributed by atoms with Crippen molar-refractivity contribution < 1.29 is 46.4 Å². The molecule has 2 aromatic heterocycles. The first-order valence-corrected chi connectivity index (χ1v) is 13.4. The van der Waals surface area contributed by atoms with E-state index in [9.17, 15) is 18.0 Å². The van der Waals surface area contributed by atoms with Crippen LogP contribution in [0.3, 0.4) is 0 Å². The number of benzene rings is 2. The molecule has 0 bridgehead atoms. The summed E-state index contributed by atoms with van der Waals surface area (Å²) in [6.07, 6.45) is 0.0193. The van der Waals surface area contributed by atoms with Gasteiger partial charge in [-0.25, -0.2) is 19.7 Å². The van der Waals surface area contributed by atoms with Crippen LogP contribution in [0.4, 0.5) is 13.2 Å². The predicted molar refractivity (Wildman–Crippen MR) is 146 cm³/mol. The molecule has 13 heteroatoms. The molecule has 1 saturated carbocycles. The minimum absolute atomic E-state index is 0.0633. The van der Waals surface area contributed by atoms with Gasteiger partial charge in [-0.15, -0.1) is 13.2 Å². The molecule has 2 heterocycles. The minimum Gasteiger partial charge on any atom is -0.484 e. The second-order valence-electron chi connectivity index (χ2n) is 10.2. The van der Waals surface area contributed by atoms with Gasteiger partial charge in [-0.1, -0.05) is 0 Å². The van der Waals surface area contributed by atoms with Gasteiger partial charge in [0.25, 0.3) is 0 Å². The van der Waals surface area contributed by atoms with Gasteiger partial charge in [0.15, 0.2) is 19.0 Å². The summed E-state index contributed by atoms with van der Waals surface area (Å²) in [5.74, 6) is 0.357. The van der Waals surface area contributed by atoms with Gasteiger partial charge >= 0.3 is 18.3 Å². The van der Waals surface area contributed by atoms with Crippen molar-refractivity contribution in [2.24, 2.45) is 0 Å². The Hall–Kier alpha value is -4.81. The summed E-state index contributed by atoms with van der Waals surface area (Å²) in [6, 6.07) is 8.99. The Kier molecular flexibility index (Phi) is 8.42. The van der Waals surface area contributed by atoms with E-state index in [1.165, 1.54) is 36.7 Å². The van der Waals surface area contributed by atoms with Crippen LogP contribution in [0.15, 0.2) is 53.2 Å². The predicted octanol–water partition coefficient (Wildman–Crippen LogP) is 6.71. The number of hydrogen-bond acceptors (Lipinski definition) is 9. The Bertz CT molecular complexity index is 1580. The molecule has 226 valence electrons. The number of carboxylic acid groups (broad SMARTS) is 1. The number of aromatic nitrogens is 3. The van der Waals surface area contributed by atoms with E-state index in [4.69, 9.17) is 23.7 Å². The third kappa shape index (κ3) is 7.73. The van der Waals surface area contributed by atoms with Crippen molar-refractivity contribution in [1.29, 1.82) is 0 Å². The lowest BCUT2D eigenvalue weighted by atomic mass is 10.1. The third-order valence-corrected chi connectivity index (χ3v) is 6.29. The van der Waals surface area contributed by atoms with E-state index in [2.05, 4.69) is 19.7 Å². The van der Waals surface area contributed by atoms with Crippen LogP contribution < -0.4 is 18.9 Å². The molecule has 10 nitrogen and oxygen atoms in total. The Morgan fingerprint density at radius 1 is 1.05 bits per heavy atom. The van der Waals surface area contributed by atoms with E-state index in [1.807, 2.05) is 13.8 Å². The second kappa shape index (κ2) is 12.2. The molecule has 0 aliphatic heterocycles. The van der Waals surface area contributed by atoms with Crippen LogP contribution in [0.5, 0.6) is 23.3 Å². The van der Waals surface area contributed by atoms with E-state index in [0.717, 1.165) is 18.4 Å². The van der Waals surface area contributed by atoms with Gasteiger partial charge in [0, 0.05) is 29.1 Å². The summed E-state index contributed by atoms with van der Waals surface area (Å²) in [5, 5.41) is 8.98. The largest absolute Gasteiger partial charge is 0.573 e. The molecule has 2 aromatic carbocycles. The number of aryl methyl sites for hydroxylation is 1. The zero-order valence-electron chi connectivity index (χ0n) is 23.5. The van der Waals surface area contributed by atoms with Gasteiger partial charge in [0.1, 0.15) is 22.9 Å². The highest BCUT2D eigenvalue weighted by Gasteiger charge is 2.31. The highest BCUT2D eigenvalue weighted by Crippen LogP contribution is 2.46. The van der Waals surface area contributed by atoms with Gasteiger partial charge in [0.05, 0.1) is 6.10 Å². The van der Waals surface area contributed by atoms with E-state index in [-0.39, 0.29) is 42.0 Å². The first-order chi connectivity index (χ1) is 20.4. The smallest absolute Gasteiger partial charge is 0.484 e. The standard InChI is InChI=1S/C30H28F3N3O7/c1-16(2)41-29-34-12-20(13-35-29)27-28(19-6-8-21(9-7-19)43-30(31,32)33)42-25(36-27)14-39-24-10-17(3)23(40-15-26(37)38)11-22(24)18-4-5-18/h6-13,16,18H,4-5,14-15H2,1-3H3,(H,37,38). The molecule has 0 spiro atoms. The molecule has 0 amide bonds. The van der Waals surface area contributed by atoms with Gasteiger partial charge in [-0.05, 0) is 81.5 Å². The molecule has 0 radical (unpaired) electrons. The van der Waals surface area contributed by atoms with E-state index in [0.29, 0.717) is 33.9 Å². The number of nitrogens with zero attached hydrogens (tertiary/aromatic N) is 3. The normalized spacial score (nSPS) is 13.2. The molecular formula is C30H28F3N3O7. The molecule has 1 aliphatic rings. The van der Waals surface area contributed by atoms with Crippen LogP contribution in [0.25, 0.3) is 22.6 Å². The number of aliphatic carboxylic acids is 1. The molecule has 1 aliphatic carbocycles. The van der Waals surface area contributed by atoms with E-state index >= 15 is 0 Å². The average Bonchev–Trinajstić information content (AvgIpc) is 3.69. The fraction of sp³-hybridized carbons (Fsp3) is 0.333. The topological polar surface area (TPSA) is 126 Å². The molecule has 1 N–H and O–H groups in total. The van der Waals surface area contributed by atoms with Gasteiger partial charge in [0.2, 0.25) is 5.89 Å². The summed E-state index contributed by atoms with van der Waals surface area (Å²) in [5.41, 5.74) is 2.89. The Morgan fingerprint density at radius 2 is 1.74 bits per heavy atom. The van der Waals surface area contributed by atoms with Crippen LogP contribution in [0, 0.1) is 6.92 Å². The number of alkyl halides is 3. The van der Waals surface area contributed by atoms with Crippen molar-refractivity contribution in [2.75, 3.05) is 6.61 Å². The monoisotopic (exact) mass is 599 g/mol. The lowest BCUT2D eigenvalue weighted by molar-refractivity contribution is -0.274. The Balaban J connectivity index is 1.44. The molecule has 5 rings (SSSR count). The SMILES string of the molecule is Cc1cc(OCc2nc(-c3cnc(OC(C)C)nc3)c(-c3ccc(OC(F)(F)F)cc3)o2)c(C2CC2)cc1OCC(=O)O. The summed E-state index contributed by atoms with van der Waals surface area (Å²) < 4.78 is 65.2. The second-order valence-corrected chi connectivity index (χ2v) is 10.2. The third-order valence-electron chi connectivity index (χ3n) is 6.29. The van der Waals surface area contributed by atoms with E-state index in [1.54, 1.807) is 19.1 Å². The van der Waals surface area contributed by atoms with Crippen LogP contribution in [-0.2, 0) is 11.4 Å². The van der Waals surface area contributed by atoms with Crippen LogP contribution in [0.1, 0.15) is 49.6 Å². The quantitative estimate of drug-likeness (QED) is 0.188. The lowest BCUT2D eigenvalue weighted by Crippen LogP contribution is -2.16. The van der Waals surface area contributed by atoms with E-state index < -0.39 is 18.9 Å². The highest BCUT2D eigenvalue weighted by atomic mass is 19.4. The van der Waals surface area contributed by atoms with Gasteiger partial charge in [-0.3, -0.25) is 0 Å². The van der Waals surface area contributed by atoms with Crippen LogP contribution in [-0.4, -0.2) is 45.1 Å². The average molecular weight is 600 g/mol. The number of halogens is 3. The van der Waals surface area contributed by atoms with Crippen molar-refractivity contribution in [2.45, 2.75) is 58.6 Å². The summed E-state index contributed by atoms with van der Waals surface area (Å²) in [4.78, 5) is 24.0. The number of ether oxygens (including phenoxy) is 4. The fourth-order valence-electron chi connectivity index (χ4n) is 4.29. The maximum Gasteiger partial charge on any atom is 0.573 e. The van der Waals surface area contributed by atoms with Crippen molar-refractivity contribution >= 4 is 5.97 Å². The van der Waals surface area contributed by atoms with Gasteiger partial charge in [-0.2, -0.15) is 0 Å². The van der Waals surface area contributed by atoms with Gasteiger partial charge < -0.3 is 28.5 Å². The zero-order valence-corrected chi connectivity index (χ0v) is 23.5. The summed E-state index contributed by atoms with van der Waals surface area (Å²) in [7, 11) is 0. The summed E-state index contributed by atoms with van der Waals surface area (Å²) >= 11 is 0. The molecular weight excluding hydrogens is 571 g/mol. The molecule has 4 aromatic rings. The maximum absolute atomic E-state index is 12.7. The van der Waals surface area contributed by atoms with Crippen LogP contribution >= 0.6 is 0 Å². The van der Waals surface area contributed by atoms with Crippen LogP contribution in [0.2, 0.25) is 0 Å². The number of oxazole rings is 1. The Labute approximate surface area is 244 Å². The highest BCUT2D eigenvalue weighted by molar-refractivity contribution is 5.76.